The van der Waals surface area contributed by atoms with Gasteiger partial charge < -0.3 is 10.6 Å². The Morgan fingerprint density at radius 3 is 2.79 bits per heavy atom. The number of para-hydroxylation sites is 1. The van der Waals surface area contributed by atoms with Crippen molar-refractivity contribution in [2.24, 2.45) is 0 Å². The van der Waals surface area contributed by atoms with Crippen molar-refractivity contribution in [3.8, 4) is 0 Å². The summed E-state index contributed by atoms with van der Waals surface area (Å²) in [5.41, 5.74) is 2.15. The summed E-state index contributed by atoms with van der Waals surface area (Å²) in [6.07, 6.45) is 3.28. The van der Waals surface area contributed by atoms with Crippen molar-refractivity contribution in [1.82, 2.24) is 4.98 Å². The largest absolute Gasteiger partial charge is 0.385 e. The predicted octanol–water partition coefficient (Wildman–Crippen LogP) is 3.53. The summed E-state index contributed by atoms with van der Waals surface area (Å²) in [6.45, 7) is 2.76. The summed E-state index contributed by atoms with van der Waals surface area (Å²) in [4.78, 5) is 16.2. The Bertz CT molecular complexity index is 586. The highest BCUT2D eigenvalue weighted by atomic mass is 79.9. The lowest BCUT2D eigenvalue weighted by Gasteiger charge is -2.11. The molecule has 98 valence electrons. The molecule has 0 saturated carbocycles. The predicted molar refractivity (Wildman–Crippen MR) is 80.5 cm³/mol. The number of aromatic nitrogens is 1. The number of nitrogens with zero attached hydrogens (tertiary/aromatic N) is 1. The summed E-state index contributed by atoms with van der Waals surface area (Å²) >= 11 is 3.35. The van der Waals surface area contributed by atoms with Gasteiger partial charge in [-0.3, -0.25) is 9.78 Å². The summed E-state index contributed by atoms with van der Waals surface area (Å²) in [6, 6.07) is 9.18. The Hall–Kier alpha value is -1.88. The lowest BCUT2D eigenvalue weighted by atomic mass is 10.1. The molecule has 5 heteroatoms. The zero-order valence-corrected chi connectivity index (χ0v) is 12.1. The molecule has 2 aromatic rings. The first-order chi connectivity index (χ1) is 9.22. The lowest BCUT2D eigenvalue weighted by molar-refractivity contribution is 0.102. The molecule has 1 heterocycles. The minimum Gasteiger partial charge on any atom is -0.385 e. The number of anilines is 2. The van der Waals surface area contributed by atoms with Crippen LogP contribution in [0.1, 0.15) is 17.3 Å². The van der Waals surface area contributed by atoms with Gasteiger partial charge in [-0.05, 0) is 41.1 Å². The van der Waals surface area contributed by atoms with Gasteiger partial charge in [-0.1, -0.05) is 12.1 Å². The van der Waals surface area contributed by atoms with Gasteiger partial charge in [-0.2, -0.15) is 0 Å². The van der Waals surface area contributed by atoms with Crippen molar-refractivity contribution in [1.29, 1.82) is 0 Å². The molecule has 0 radical (unpaired) electrons. The molecule has 2 rings (SSSR count). The fourth-order valence-corrected chi connectivity index (χ4v) is 2.04. The SMILES string of the molecule is CCNc1ccccc1C(=O)Nc1ccncc1Br. The van der Waals surface area contributed by atoms with Crippen LogP contribution in [0.4, 0.5) is 11.4 Å². The van der Waals surface area contributed by atoms with Crippen LogP contribution in [0.3, 0.4) is 0 Å². The Morgan fingerprint density at radius 1 is 1.26 bits per heavy atom. The molecule has 0 atom stereocenters. The zero-order chi connectivity index (χ0) is 13.7. The molecule has 0 fully saturated rings. The molecule has 1 amide bonds. The molecule has 0 aliphatic carbocycles. The first-order valence-electron chi connectivity index (χ1n) is 5.96. The number of benzene rings is 1. The molecular formula is C14H14BrN3O. The van der Waals surface area contributed by atoms with E-state index in [0.717, 1.165) is 16.7 Å². The quantitative estimate of drug-likeness (QED) is 0.906. The molecule has 1 aromatic carbocycles. The smallest absolute Gasteiger partial charge is 0.257 e. The van der Waals surface area contributed by atoms with E-state index in [-0.39, 0.29) is 5.91 Å². The van der Waals surface area contributed by atoms with E-state index in [2.05, 4.69) is 31.5 Å². The molecule has 1 aromatic heterocycles. The van der Waals surface area contributed by atoms with Crippen LogP contribution in [0.2, 0.25) is 0 Å². The third kappa shape index (κ3) is 3.32. The Labute approximate surface area is 120 Å². The van der Waals surface area contributed by atoms with Crippen LogP contribution in [0.25, 0.3) is 0 Å². The Balaban J connectivity index is 2.23. The molecule has 0 bridgehead atoms. The normalized spacial score (nSPS) is 10.0. The van der Waals surface area contributed by atoms with Crippen molar-refractivity contribution < 1.29 is 4.79 Å². The molecule has 19 heavy (non-hydrogen) atoms. The van der Waals surface area contributed by atoms with Crippen molar-refractivity contribution in [2.45, 2.75) is 6.92 Å². The van der Waals surface area contributed by atoms with E-state index in [1.165, 1.54) is 0 Å². The van der Waals surface area contributed by atoms with E-state index >= 15 is 0 Å². The molecular weight excluding hydrogens is 306 g/mol. The fraction of sp³-hybridized carbons (Fsp3) is 0.143. The van der Waals surface area contributed by atoms with Gasteiger partial charge in [0, 0.05) is 24.6 Å². The monoisotopic (exact) mass is 319 g/mol. The topological polar surface area (TPSA) is 54.0 Å². The second-order valence-electron chi connectivity index (χ2n) is 3.89. The van der Waals surface area contributed by atoms with E-state index in [4.69, 9.17) is 0 Å². The van der Waals surface area contributed by atoms with Crippen LogP contribution >= 0.6 is 15.9 Å². The number of amides is 1. The first kappa shape index (κ1) is 13.5. The summed E-state index contributed by atoms with van der Waals surface area (Å²) in [7, 11) is 0. The minimum absolute atomic E-state index is 0.150. The number of hydrogen-bond acceptors (Lipinski definition) is 3. The van der Waals surface area contributed by atoms with Gasteiger partial charge in [0.25, 0.3) is 5.91 Å². The zero-order valence-electron chi connectivity index (χ0n) is 10.5. The second kappa shape index (κ2) is 6.33. The number of halogens is 1. The highest BCUT2D eigenvalue weighted by Crippen LogP contribution is 2.22. The van der Waals surface area contributed by atoms with E-state index in [9.17, 15) is 4.79 Å². The van der Waals surface area contributed by atoms with Crippen LogP contribution in [0.5, 0.6) is 0 Å². The van der Waals surface area contributed by atoms with Gasteiger partial charge in [0.1, 0.15) is 0 Å². The molecule has 2 N–H and O–H groups in total. The molecule has 0 aliphatic rings. The number of pyridine rings is 1. The number of hydrogen-bond donors (Lipinski definition) is 2. The van der Waals surface area contributed by atoms with Crippen LogP contribution in [-0.2, 0) is 0 Å². The van der Waals surface area contributed by atoms with Gasteiger partial charge in [0.2, 0.25) is 0 Å². The Kier molecular flexibility index (Phi) is 4.52. The molecule has 4 nitrogen and oxygen atoms in total. The van der Waals surface area contributed by atoms with Crippen molar-refractivity contribution in [2.75, 3.05) is 17.2 Å². The van der Waals surface area contributed by atoms with Crippen LogP contribution < -0.4 is 10.6 Å². The maximum atomic E-state index is 12.3. The van der Waals surface area contributed by atoms with Crippen LogP contribution in [0.15, 0.2) is 47.2 Å². The van der Waals surface area contributed by atoms with Gasteiger partial charge >= 0.3 is 0 Å². The number of carbonyl (C=O) groups is 1. The van der Waals surface area contributed by atoms with Gasteiger partial charge in [0.05, 0.1) is 15.7 Å². The third-order valence-electron chi connectivity index (χ3n) is 2.56. The van der Waals surface area contributed by atoms with Crippen molar-refractivity contribution >= 4 is 33.2 Å². The molecule has 0 unspecified atom stereocenters. The van der Waals surface area contributed by atoms with E-state index in [1.807, 2.05) is 25.1 Å². The molecule has 0 aliphatic heterocycles. The van der Waals surface area contributed by atoms with E-state index < -0.39 is 0 Å². The molecule has 0 saturated heterocycles. The summed E-state index contributed by atoms with van der Waals surface area (Å²) < 4.78 is 0.754. The fourth-order valence-electron chi connectivity index (χ4n) is 1.69. The first-order valence-corrected chi connectivity index (χ1v) is 6.75. The maximum Gasteiger partial charge on any atom is 0.257 e. The third-order valence-corrected chi connectivity index (χ3v) is 3.19. The summed E-state index contributed by atoms with van der Waals surface area (Å²) in [5, 5.41) is 6.03. The van der Waals surface area contributed by atoms with Crippen molar-refractivity contribution in [3.63, 3.8) is 0 Å². The highest BCUT2D eigenvalue weighted by Gasteiger charge is 2.11. The number of nitrogens with one attached hydrogen (secondary N) is 2. The second-order valence-corrected chi connectivity index (χ2v) is 4.74. The summed E-state index contributed by atoms with van der Waals surface area (Å²) in [5.74, 6) is -0.150. The average molecular weight is 320 g/mol. The Morgan fingerprint density at radius 2 is 2.05 bits per heavy atom. The van der Waals surface area contributed by atoms with Crippen molar-refractivity contribution in [3.05, 3.63) is 52.8 Å². The molecule has 0 spiro atoms. The highest BCUT2D eigenvalue weighted by molar-refractivity contribution is 9.10. The number of rotatable bonds is 4. The van der Waals surface area contributed by atoms with Gasteiger partial charge in [-0.15, -0.1) is 0 Å². The average Bonchev–Trinajstić information content (AvgIpc) is 2.42. The van der Waals surface area contributed by atoms with Crippen LogP contribution in [0, 0.1) is 0 Å². The van der Waals surface area contributed by atoms with Gasteiger partial charge in [-0.25, -0.2) is 0 Å². The standard InChI is InChI=1S/C14H14BrN3O/c1-2-17-12-6-4-3-5-10(12)14(19)18-13-7-8-16-9-11(13)15/h3-9,17H,2H2,1H3,(H,16,18,19). The minimum atomic E-state index is -0.150. The van der Waals surface area contributed by atoms with E-state index in [0.29, 0.717) is 11.3 Å². The van der Waals surface area contributed by atoms with Crippen LogP contribution in [-0.4, -0.2) is 17.4 Å². The lowest BCUT2D eigenvalue weighted by Crippen LogP contribution is -2.15. The van der Waals surface area contributed by atoms with Gasteiger partial charge in [0.15, 0.2) is 0 Å². The maximum absolute atomic E-state index is 12.3. The number of carbonyl (C=O) groups excluding carboxylic acids is 1. The van der Waals surface area contributed by atoms with E-state index in [1.54, 1.807) is 24.5 Å².